The van der Waals surface area contributed by atoms with Gasteiger partial charge in [0.2, 0.25) is 0 Å². The summed E-state index contributed by atoms with van der Waals surface area (Å²) in [5.74, 6) is -0.118. The monoisotopic (exact) mass is 450 g/mol. The zero-order valence-corrected chi connectivity index (χ0v) is 18.2. The Labute approximate surface area is 188 Å². The number of oxazole rings is 1. The minimum atomic E-state index is -0.643. The van der Waals surface area contributed by atoms with E-state index in [1.807, 2.05) is 6.92 Å². The highest BCUT2D eigenvalue weighted by Crippen LogP contribution is 2.34. The molecule has 33 heavy (non-hydrogen) atoms. The molecule has 0 aliphatic heterocycles. The lowest BCUT2D eigenvalue weighted by Crippen LogP contribution is -2.31. The third-order valence-electron chi connectivity index (χ3n) is 5.13. The first kappa shape index (κ1) is 22.1. The van der Waals surface area contributed by atoms with Crippen molar-refractivity contribution < 1.29 is 18.3 Å². The summed E-state index contributed by atoms with van der Waals surface area (Å²) in [6.45, 7) is 4.20. The zero-order chi connectivity index (χ0) is 23.5. The Balaban J connectivity index is 1.75. The number of nitrogens with two attached hydrogens (primary N) is 1. The molecule has 170 valence electrons. The van der Waals surface area contributed by atoms with Crippen LogP contribution in [0.5, 0.6) is 5.75 Å². The summed E-state index contributed by atoms with van der Waals surface area (Å²) in [6.07, 6.45) is 2.21. The number of fused-ring (bicyclic) bond motifs is 1. The zero-order valence-electron chi connectivity index (χ0n) is 18.2. The van der Waals surface area contributed by atoms with Crippen LogP contribution >= 0.6 is 0 Å². The number of halogens is 1. The second-order valence-electron chi connectivity index (χ2n) is 7.52. The molecule has 9 heteroatoms. The van der Waals surface area contributed by atoms with Crippen molar-refractivity contribution in [3.05, 3.63) is 76.0 Å². The maximum Gasteiger partial charge on any atom is 0.263 e. The van der Waals surface area contributed by atoms with Crippen LogP contribution < -0.4 is 21.3 Å². The number of carbonyl (C=O) groups is 1. The van der Waals surface area contributed by atoms with Gasteiger partial charge in [-0.15, -0.1) is 0 Å². The Bertz CT molecular complexity index is 1390. The van der Waals surface area contributed by atoms with E-state index in [9.17, 15) is 14.0 Å². The number of benzene rings is 2. The number of ether oxygens (including phenoxy) is 1. The van der Waals surface area contributed by atoms with E-state index in [1.54, 1.807) is 25.1 Å². The summed E-state index contributed by atoms with van der Waals surface area (Å²) in [4.78, 5) is 32.0. The first-order valence-corrected chi connectivity index (χ1v) is 10.5. The number of rotatable bonds is 7. The minimum absolute atomic E-state index is 0.0402. The Kier molecular flexibility index (Phi) is 6.12. The van der Waals surface area contributed by atoms with E-state index in [4.69, 9.17) is 14.9 Å². The van der Waals surface area contributed by atoms with Crippen LogP contribution in [0.15, 0.2) is 51.9 Å². The van der Waals surface area contributed by atoms with Gasteiger partial charge in [-0.2, -0.15) is 0 Å². The number of pyridine rings is 1. The summed E-state index contributed by atoms with van der Waals surface area (Å²) in [6, 6.07) is 9.35. The van der Waals surface area contributed by atoms with E-state index in [0.717, 1.165) is 6.42 Å². The van der Waals surface area contributed by atoms with E-state index in [1.165, 1.54) is 24.5 Å². The van der Waals surface area contributed by atoms with Gasteiger partial charge in [-0.3, -0.25) is 9.59 Å². The first-order chi connectivity index (χ1) is 15.9. The molecule has 2 aromatic heterocycles. The van der Waals surface area contributed by atoms with Crippen LogP contribution in [0.4, 0.5) is 10.1 Å². The summed E-state index contributed by atoms with van der Waals surface area (Å²) in [5, 5.41) is 3.10. The number of hydrogen-bond donors (Lipinski definition) is 3. The van der Waals surface area contributed by atoms with Gasteiger partial charge in [-0.1, -0.05) is 25.1 Å². The molecule has 0 radical (unpaired) electrons. The number of hydrogen-bond acceptors (Lipinski definition) is 6. The molecule has 0 saturated heterocycles. The summed E-state index contributed by atoms with van der Waals surface area (Å²) < 4.78 is 25.7. The molecule has 1 amide bonds. The highest BCUT2D eigenvalue weighted by Gasteiger charge is 2.20. The molecule has 0 saturated carbocycles. The molecule has 4 aromatic rings. The minimum Gasteiger partial charge on any atom is -0.487 e. The molecule has 0 atom stereocenters. The fourth-order valence-corrected chi connectivity index (χ4v) is 3.55. The number of para-hydroxylation sites is 1. The molecular weight excluding hydrogens is 427 g/mol. The van der Waals surface area contributed by atoms with Crippen LogP contribution in [0.2, 0.25) is 0 Å². The molecule has 0 aliphatic carbocycles. The lowest BCUT2D eigenvalue weighted by molar-refractivity contribution is 0.0953. The molecule has 0 fully saturated rings. The average molecular weight is 450 g/mol. The van der Waals surface area contributed by atoms with Crippen molar-refractivity contribution in [2.24, 2.45) is 0 Å². The lowest BCUT2D eigenvalue weighted by atomic mass is 9.99. The topological polar surface area (TPSA) is 123 Å². The number of anilines is 1. The molecule has 4 rings (SSSR count). The van der Waals surface area contributed by atoms with Gasteiger partial charge in [0.15, 0.2) is 5.89 Å². The highest BCUT2D eigenvalue weighted by molar-refractivity contribution is 6.08. The van der Waals surface area contributed by atoms with Crippen LogP contribution in [0.3, 0.4) is 0 Å². The predicted molar refractivity (Wildman–Crippen MR) is 123 cm³/mol. The first-order valence-electron chi connectivity index (χ1n) is 10.5. The third-order valence-corrected chi connectivity index (χ3v) is 5.13. The third kappa shape index (κ3) is 4.43. The Morgan fingerprint density at radius 2 is 2.09 bits per heavy atom. The molecule has 8 nitrogen and oxygen atoms in total. The van der Waals surface area contributed by atoms with E-state index in [2.05, 4.69) is 15.3 Å². The number of carbonyl (C=O) groups excluding carboxylic acids is 1. The van der Waals surface area contributed by atoms with Gasteiger partial charge in [-0.25, -0.2) is 9.37 Å². The number of nitrogens with zero attached hydrogens (tertiary/aromatic N) is 1. The van der Waals surface area contributed by atoms with E-state index < -0.39 is 17.3 Å². The van der Waals surface area contributed by atoms with Gasteiger partial charge in [0.1, 0.15) is 35.7 Å². The Hall–Kier alpha value is -4.14. The second kappa shape index (κ2) is 9.15. The van der Waals surface area contributed by atoms with Crippen LogP contribution in [0.25, 0.3) is 22.0 Å². The summed E-state index contributed by atoms with van der Waals surface area (Å²) >= 11 is 0. The van der Waals surface area contributed by atoms with Crippen molar-refractivity contribution >= 4 is 22.5 Å². The number of aromatic amines is 1. The SMILES string of the molecule is CCCNC(=O)c1c(N)c2cccc(-c3cc(OCc4coc(C)n4)ccc3F)c2[nH]c1=O. The maximum atomic E-state index is 14.8. The second-order valence-corrected chi connectivity index (χ2v) is 7.52. The number of nitrogens with one attached hydrogen (secondary N) is 2. The number of amides is 1. The standard InChI is InChI=1S/C24H23FN4O4/c1-3-9-27-23(30)20-21(26)17-6-4-5-16(22(17)29-24(20)31)18-10-15(7-8-19(18)25)33-12-14-11-32-13(2)28-14/h4-8,10-11H,3,9,12H2,1-2H3,(H,27,30)(H3,26,29,31). The van der Waals surface area contributed by atoms with Gasteiger partial charge in [0, 0.05) is 30.0 Å². The van der Waals surface area contributed by atoms with Crippen molar-refractivity contribution in [3.8, 4) is 16.9 Å². The largest absolute Gasteiger partial charge is 0.487 e. The van der Waals surface area contributed by atoms with Crippen LogP contribution in [-0.2, 0) is 6.61 Å². The van der Waals surface area contributed by atoms with Crippen LogP contribution in [-0.4, -0.2) is 22.4 Å². The Morgan fingerprint density at radius 1 is 1.27 bits per heavy atom. The van der Waals surface area contributed by atoms with Gasteiger partial charge in [0.25, 0.3) is 11.5 Å². The van der Waals surface area contributed by atoms with Crippen molar-refractivity contribution in [1.82, 2.24) is 15.3 Å². The predicted octanol–water partition coefficient (Wildman–Crippen LogP) is 3.93. The van der Waals surface area contributed by atoms with Gasteiger partial charge >= 0.3 is 0 Å². The van der Waals surface area contributed by atoms with Crippen molar-refractivity contribution in [2.75, 3.05) is 12.3 Å². The summed E-state index contributed by atoms with van der Waals surface area (Å²) in [7, 11) is 0. The molecule has 0 unspecified atom stereocenters. The van der Waals surface area contributed by atoms with Crippen molar-refractivity contribution in [1.29, 1.82) is 0 Å². The molecule has 2 heterocycles. The summed E-state index contributed by atoms with van der Waals surface area (Å²) in [5.41, 5.74) is 7.01. The maximum absolute atomic E-state index is 14.8. The van der Waals surface area contributed by atoms with Gasteiger partial charge < -0.3 is 25.2 Å². The van der Waals surface area contributed by atoms with Crippen LogP contribution in [0.1, 0.15) is 35.3 Å². The molecule has 2 aromatic carbocycles. The molecular formula is C24H23FN4O4. The highest BCUT2D eigenvalue weighted by atomic mass is 19.1. The quantitative estimate of drug-likeness (QED) is 0.392. The van der Waals surface area contributed by atoms with E-state index >= 15 is 0 Å². The number of H-pyrrole nitrogens is 1. The van der Waals surface area contributed by atoms with Gasteiger partial charge in [0.05, 0.1) is 11.2 Å². The fraction of sp³-hybridized carbons (Fsp3) is 0.208. The number of nitrogen functional groups attached to an aromatic ring is 1. The molecule has 0 aliphatic rings. The van der Waals surface area contributed by atoms with Crippen LogP contribution in [0, 0.1) is 12.7 Å². The van der Waals surface area contributed by atoms with E-state index in [0.29, 0.717) is 40.3 Å². The average Bonchev–Trinajstić information content (AvgIpc) is 3.22. The molecule has 4 N–H and O–H groups in total. The number of aromatic nitrogens is 2. The van der Waals surface area contributed by atoms with Crippen molar-refractivity contribution in [3.63, 3.8) is 0 Å². The molecule has 0 bridgehead atoms. The molecule has 0 spiro atoms. The lowest BCUT2D eigenvalue weighted by Gasteiger charge is -2.13. The number of aryl methyl sites for hydroxylation is 1. The fourth-order valence-electron chi connectivity index (χ4n) is 3.55. The Morgan fingerprint density at radius 3 is 2.82 bits per heavy atom. The normalized spacial score (nSPS) is 11.0. The van der Waals surface area contributed by atoms with Crippen molar-refractivity contribution in [2.45, 2.75) is 26.9 Å². The van der Waals surface area contributed by atoms with E-state index in [-0.39, 0.29) is 23.4 Å². The smallest absolute Gasteiger partial charge is 0.263 e. The van der Waals surface area contributed by atoms with Gasteiger partial charge in [-0.05, 0) is 24.6 Å².